The van der Waals surface area contributed by atoms with Crippen LogP contribution in [-0.4, -0.2) is 31.5 Å². The minimum absolute atomic E-state index is 0.00765. The van der Waals surface area contributed by atoms with E-state index in [-0.39, 0.29) is 17.9 Å². The first kappa shape index (κ1) is 16.1. The van der Waals surface area contributed by atoms with Crippen LogP contribution >= 0.6 is 0 Å². The smallest absolute Gasteiger partial charge is 0.229 e. The Hall–Kier alpha value is -2.82. The first-order valence-electron chi connectivity index (χ1n) is 7.93. The summed E-state index contributed by atoms with van der Waals surface area (Å²) in [5.41, 5.74) is 1.75. The van der Waals surface area contributed by atoms with Gasteiger partial charge in [0.05, 0.1) is 19.6 Å². The second kappa shape index (κ2) is 7.17. The first-order valence-corrected chi connectivity index (χ1v) is 7.93. The lowest BCUT2D eigenvalue weighted by atomic mass is 10.1. The first-order chi connectivity index (χ1) is 11.7. The molecule has 1 saturated heterocycles. The van der Waals surface area contributed by atoms with Crippen molar-refractivity contribution in [3.63, 3.8) is 0 Å². The van der Waals surface area contributed by atoms with Gasteiger partial charge in [-0.25, -0.2) is 0 Å². The molecule has 0 aromatic heterocycles. The van der Waals surface area contributed by atoms with Crippen molar-refractivity contribution in [2.45, 2.75) is 18.9 Å². The number of ether oxygens (including phenoxy) is 1. The molecule has 124 valence electrons. The number of nitrogens with zero attached hydrogens (tertiary/aromatic N) is 1. The molecule has 2 aromatic rings. The number of nitrogens with one attached hydrogen (secondary N) is 1. The number of carbonyl (C=O) groups excluding carboxylic acids is 2. The van der Waals surface area contributed by atoms with Gasteiger partial charge in [-0.05, 0) is 17.7 Å². The van der Waals surface area contributed by atoms with Gasteiger partial charge in [0.2, 0.25) is 11.8 Å². The number of hydrogen-bond donors (Lipinski definition) is 1. The molecule has 5 heteroatoms. The van der Waals surface area contributed by atoms with E-state index in [1.54, 1.807) is 12.0 Å². The van der Waals surface area contributed by atoms with Gasteiger partial charge in [-0.15, -0.1) is 0 Å². The number of carbonyl (C=O) groups is 2. The fraction of sp³-hybridized carbons (Fsp3) is 0.263. The van der Waals surface area contributed by atoms with E-state index in [9.17, 15) is 9.59 Å². The highest BCUT2D eigenvalue weighted by molar-refractivity contribution is 5.97. The second-order valence-electron chi connectivity index (χ2n) is 5.84. The molecule has 1 aliphatic rings. The molecule has 0 radical (unpaired) electrons. The van der Waals surface area contributed by atoms with Gasteiger partial charge in [0.15, 0.2) is 0 Å². The van der Waals surface area contributed by atoms with E-state index in [1.165, 1.54) is 0 Å². The van der Waals surface area contributed by atoms with E-state index < -0.39 is 0 Å². The minimum atomic E-state index is -0.167. The van der Waals surface area contributed by atoms with E-state index in [0.29, 0.717) is 25.1 Å². The summed E-state index contributed by atoms with van der Waals surface area (Å²) < 4.78 is 5.20. The summed E-state index contributed by atoms with van der Waals surface area (Å²) in [5, 5.41) is 2.95. The van der Waals surface area contributed by atoms with Gasteiger partial charge in [0.1, 0.15) is 5.75 Å². The van der Waals surface area contributed by atoms with Crippen molar-refractivity contribution >= 4 is 17.5 Å². The SMILES string of the molecule is COc1cccc(N2C[C@@H](NC(=O)Cc3ccccc3)CC2=O)c1. The molecule has 0 spiro atoms. The number of amides is 2. The Morgan fingerprint density at radius 2 is 2.00 bits per heavy atom. The van der Waals surface area contributed by atoms with Crippen molar-refractivity contribution in [1.82, 2.24) is 5.32 Å². The Labute approximate surface area is 141 Å². The molecule has 2 aromatic carbocycles. The lowest BCUT2D eigenvalue weighted by Crippen LogP contribution is -2.38. The molecule has 1 aliphatic heterocycles. The number of anilines is 1. The third-order valence-corrected chi connectivity index (χ3v) is 4.06. The lowest BCUT2D eigenvalue weighted by Gasteiger charge is -2.18. The van der Waals surface area contributed by atoms with E-state index in [2.05, 4.69) is 5.32 Å². The van der Waals surface area contributed by atoms with Crippen LogP contribution in [0.25, 0.3) is 0 Å². The zero-order chi connectivity index (χ0) is 16.9. The third kappa shape index (κ3) is 3.74. The van der Waals surface area contributed by atoms with Crippen molar-refractivity contribution in [3.05, 3.63) is 60.2 Å². The second-order valence-corrected chi connectivity index (χ2v) is 5.84. The predicted octanol–water partition coefficient (Wildman–Crippen LogP) is 2.16. The van der Waals surface area contributed by atoms with Crippen LogP contribution in [0.15, 0.2) is 54.6 Å². The Balaban J connectivity index is 1.61. The van der Waals surface area contributed by atoms with Crippen LogP contribution in [0.3, 0.4) is 0 Å². The molecule has 0 aliphatic carbocycles. The summed E-state index contributed by atoms with van der Waals surface area (Å²) in [7, 11) is 1.59. The molecular formula is C19H20N2O3. The van der Waals surface area contributed by atoms with Gasteiger partial charge < -0.3 is 15.0 Å². The molecular weight excluding hydrogens is 304 g/mol. The highest BCUT2D eigenvalue weighted by Crippen LogP contribution is 2.25. The molecule has 3 rings (SSSR count). The number of rotatable bonds is 5. The summed E-state index contributed by atoms with van der Waals surface area (Å²) in [6.45, 7) is 0.479. The predicted molar refractivity (Wildman–Crippen MR) is 92.0 cm³/mol. The van der Waals surface area contributed by atoms with Crippen LogP contribution < -0.4 is 15.0 Å². The topological polar surface area (TPSA) is 58.6 Å². The summed E-state index contributed by atoms with van der Waals surface area (Å²) in [6.07, 6.45) is 0.641. The zero-order valence-corrected chi connectivity index (χ0v) is 13.6. The monoisotopic (exact) mass is 324 g/mol. The van der Waals surface area contributed by atoms with Gasteiger partial charge in [-0.2, -0.15) is 0 Å². The van der Waals surface area contributed by atoms with Gasteiger partial charge in [0.25, 0.3) is 0 Å². The van der Waals surface area contributed by atoms with Crippen LogP contribution in [0.4, 0.5) is 5.69 Å². The van der Waals surface area contributed by atoms with Crippen LogP contribution in [0.2, 0.25) is 0 Å². The molecule has 0 unspecified atom stereocenters. The molecule has 24 heavy (non-hydrogen) atoms. The van der Waals surface area contributed by atoms with Crippen molar-refractivity contribution in [2.24, 2.45) is 0 Å². The van der Waals surface area contributed by atoms with E-state index >= 15 is 0 Å². The minimum Gasteiger partial charge on any atom is -0.497 e. The summed E-state index contributed by atoms with van der Waals surface area (Å²) in [6, 6.07) is 16.8. The molecule has 0 bridgehead atoms. The maximum atomic E-state index is 12.3. The van der Waals surface area contributed by atoms with Crippen LogP contribution in [0.1, 0.15) is 12.0 Å². The number of methoxy groups -OCH3 is 1. The molecule has 5 nitrogen and oxygen atoms in total. The quantitative estimate of drug-likeness (QED) is 0.917. The largest absolute Gasteiger partial charge is 0.497 e. The zero-order valence-electron chi connectivity index (χ0n) is 13.6. The third-order valence-electron chi connectivity index (χ3n) is 4.06. The fourth-order valence-corrected chi connectivity index (χ4v) is 2.89. The van der Waals surface area contributed by atoms with Crippen molar-refractivity contribution in [3.8, 4) is 5.75 Å². The molecule has 0 saturated carbocycles. The maximum Gasteiger partial charge on any atom is 0.229 e. The average Bonchev–Trinajstić information content (AvgIpc) is 2.96. The maximum absolute atomic E-state index is 12.3. The molecule has 1 fully saturated rings. The van der Waals surface area contributed by atoms with Crippen LogP contribution in [0, 0.1) is 0 Å². The van der Waals surface area contributed by atoms with Gasteiger partial charge in [-0.1, -0.05) is 36.4 Å². The standard InChI is InChI=1S/C19H20N2O3/c1-24-17-9-5-8-16(12-17)21-13-15(11-19(21)23)20-18(22)10-14-6-3-2-4-7-14/h2-9,12,15H,10-11,13H2,1H3,(H,20,22)/t15-/m0/s1. The summed E-state index contributed by atoms with van der Waals surface area (Å²) in [5.74, 6) is 0.650. The molecule has 2 amide bonds. The van der Waals surface area contributed by atoms with Gasteiger partial charge in [-0.3, -0.25) is 9.59 Å². The normalized spacial score (nSPS) is 17.0. The molecule has 1 atom stereocenters. The summed E-state index contributed by atoms with van der Waals surface area (Å²) in [4.78, 5) is 26.1. The summed E-state index contributed by atoms with van der Waals surface area (Å²) >= 11 is 0. The number of benzene rings is 2. The Morgan fingerprint density at radius 3 is 2.75 bits per heavy atom. The van der Waals surface area contributed by atoms with Gasteiger partial charge in [0, 0.05) is 24.7 Å². The Bertz CT molecular complexity index is 730. The Kier molecular flexibility index (Phi) is 4.79. The van der Waals surface area contributed by atoms with Crippen molar-refractivity contribution < 1.29 is 14.3 Å². The number of hydrogen-bond acceptors (Lipinski definition) is 3. The Morgan fingerprint density at radius 1 is 1.21 bits per heavy atom. The average molecular weight is 324 g/mol. The van der Waals surface area contributed by atoms with E-state index in [1.807, 2.05) is 54.6 Å². The lowest BCUT2D eigenvalue weighted by molar-refractivity contribution is -0.121. The van der Waals surface area contributed by atoms with Crippen molar-refractivity contribution in [2.75, 3.05) is 18.6 Å². The molecule has 1 heterocycles. The van der Waals surface area contributed by atoms with Gasteiger partial charge >= 0.3 is 0 Å². The van der Waals surface area contributed by atoms with E-state index in [0.717, 1.165) is 11.3 Å². The molecule has 1 N–H and O–H groups in total. The van der Waals surface area contributed by atoms with Crippen molar-refractivity contribution in [1.29, 1.82) is 0 Å². The fourth-order valence-electron chi connectivity index (χ4n) is 2.89. The highest BCUT2D eigenvalue weighted by atomic mass is 16.5. The highest BCUT2D eigenvalue weighted by Gasteiger charge is 2.31. The van der Waals surface area contributed by atoms with E-state index in [4.69, 9.17) is 4.74 Å². The van der Waals surface area contributed by atoms with Crippen LogP contribution in [-0.2, 0) is 16.0 Å². The van der Waals surface area contributed by atoms with Crippen LogP contribution in [0.5, 0.6) is 5.75 Å².